The number of hydrogen-bond donors (Lipinski definition) is 0. The highest BCUT2D eigenvalue weighted by atomic mass is 31.1. The molecule has 0 fully saturated rings. The van der Waals surface area contributed by atoms with Gasteiger partial charge in [0.2, 0.25) is 0 Å². The average Bonchev–Trinajstić information content (AvgIpc) is 2.34. The molecule has 0 radical (unpaired) electrons. The molecule has 15 heavy (non-hydrogen) atoms. The molecule has 2 rings (SSSR count). The quantitative estimate of drug-likeness (QED) is 0.727. The largest absolute Gasteiger partial charge is 0.408 e. The lowest BCUT2D eigenvalue weighted by Crippen LogP contribution is -1.78. The number of benzene rings is 1. The molecule has 1 aromatic carbocycles. The maximum absolute atomic E-state index is 9.85. The Morgan fingerprint density at radius 2 is 1.67 bits per heavy atom. The van der Waals surface area contributed by atoms with Gasteiger partial charge < -0.3 is 4.52 Å². The highest BCUT2D eigenvalue weighted by molar-refractivity contribution is 7.17. The number of nitrogens with zero attached hydrogens (tertiary/aromatic N) is 3. The van der Waals surface area contributed by atoms with Gasteiger partial charge in [-0.1, -0.05) is 18.2 Å². The Balaban J connectivity index is 0.000000162. The first-order chi connectivity index (χ1) is 7.43. The summed E-state index contributed by atoms with van der Waals surface area (Å²) in [4.78, 5) is 0. The van der Waals surface area contributed by atoms with E-state index in [0.717, 1.165) is 0 Å². The van der Waals surface area contributed by atoms with Gasteiger partial charge in [0.1, 0.15) is 5.75 Å². The molecule has 6 heteroatoms. The van der Waals surface area contributed by atoms with Crippen LogP contribution in [-0.4, -0.2) is 15.4 Å². The van der Waals surface area contributed by atoms with E-state index < -0.39 is 0 Å². The number of aromatic nitrogens is 3. The lowest BCUT2D eigenvalue weighted by molar-refractivity contribution is 0.525. The Hall–Kier alpha value is -1.87. The van der Waals surface area contributed by atoms with Gasteiger partial charge in [-0.15, -0.1) is 10.2 Å². The van der Waals surface area contributed by atoms with Crippen LogP contribution in [0, 0.1) is 0 Å². The van der Waals surface area contributed by atoms with E-state index in [9.17, 15) is 4.57 Å². The predicted octanol–water partition coefficient (Wildman–Crippen LogP) is 2.14. The molecule has 0 unspecified atom stereocenters. The van der Waals surface area contributed by atoms with Crippen molar-refractivity contribution in [2.75, 3.05) is 0 Å². The van der Waals surface area contributed by atoms with Crippen molar-refractivity contribution in [3.8, 4) is 5.75 Å². The van der Waals surface area contributed by atoms with Crippen molar-refractivity contribution >= 4 is 8.69 Å². The molecular formula is C9H8N3O2P. The van der Waals surface area contributed by atoms with Crippen molar-refractivity contribution in [3.63, 3.8) is 0 Å². The van der Waals surface area contributed by atoms with Crippen LogP contribution in [0.25, 0.3) is 0 Å². The molecule has 0 aliphatic heterocycles. The molecule has 0 aliphatic rings. The zero-order valence-electron chi connectivity index (χ0n) is 7.72. The molecule has 5 nitrogen and oxygen atoms in total. The third-order valence-electron chi connectivity index (χ3n) is 1.29. The molecule has 76 valence electrons. The normalized spacial score (nSPS) is 8.80. The molecule has 1 heterocycles. The average molecular weight is 221 g/mol. The lowest BCUT2D eigenvalue weighted by Gasteiger charge is -1.90. The Morgan fingerprint density at radius 1 is 1.00 bits per heavy atom. The maximum Gasteiger partial charge on any atom is 0.395 e. The van der Waals surface area contributed by atoms with Crippen molar-refractivity contribution in [1.82, 2.24) is 15.4 Å². The standard InChI is InChI=1S/C6H5O2P.C3H3N3/c7-9-8-6-4-2-1-3-5-6;1-2-4-6-5-3-1/h1-5H;1-3H. The van der Waals surface area contributed by atoms with Crippen LogP contribution in [0.2, 0.25) is 0 Å². The van der Waals surface area contributed by atoms with Crippen LogP contribution in [0.15, 0.2) is 48.8 Å². The van der Waals surface area contributed by atoms with E-state index in [4.69, 9.17) is 0 Å². The molecule has 0 saturated carbocycles. The summed E-state index contributed by atoms with van der Waals surface area (Å²) in [5.74, 6) is 0.620. The van der Waals surface area contributed by atoms with Crippen LogP contribution in [0.3, 0.4) is 0 Å². The number of hydrogen-bond acceptors (Lipinski definition) is 5. The Morgan fingerprint density at radius 3 is 2.07 bits per heavy atom. The van der Waals surface area contributed by atoms with Crippen molar-refractivity contribution in [3.05, 3.63) is 48.8 Å². The second kappa shape index (κ2) is 7.53. The van der Waals surface area contributed by atoms with Gasteiger partial charge in [0.15, 0.2) is 0 Å². The van der Waals surface area contributed by atoms with E-state index in [1.807, 2.05) is 18.2 Å². The second-order valence-electron chi connectivity index (χ2n) is 2.29. The molecule has 0 bridgehead atoms. The fourth-order valence-corrected chi connectivity index (χ4v) is 0.937. The van der Waals surface area contributed by atoms with Gasteiger partial charge in [0.05, 0.1) is 12.4 Å². The smallest absolute Gasteiger partial charge is 0.395 e. The van der Waals surface area contributed by atoms with Crippen molar-refractivity contribution in [1.29, 1.82) is 0 Å². The first kappa shape index (κ1) is 11.2. The number of para-hydroxylation sites is 1. The van der Waals surface area contributed by atoms with Crippen molar-refractivity contribution < 1.29 is 9.09 Å². The molecule has 0 saturated heterocycles. The van der Waals surface area contributed by atoms with E-state index in [0.29, 0.717) is 5.75 Å². The zero-order valence-corrected chi connectivity index (χ0v) is 8.62. The molecule has 1 aromatic heterocycles. The molecular weight excluding hydrogens is 213 g/mol. The first-order valence-electron chi connectivity index (χ1n) is 4.06. The molecule has 0 amide bonds. The summed E-state index contributed by atoms with van der Waals surface area (Å²) < 4.78 is 14.5. The van der Waals surface area contributed by atoms with E-state index in [1.54, 1.807) is 30.6 Å². The fourth-order valence-electron chi connectivity index (χ4n) is 0.729. The van der Waals surface area contributed by atoms with Gasteiger partial charge in [-0.2, -0.15) is 0 Å². The summed E-state index contributed by atoms with van der Waals surface area (Å²) in [6, 6.07) is 10.7. The third-order valence-corrected chi connectivity index (χ3v) is 1.58. The summed E-state index contributed by atoms with van der Waals surface area (Å²) in [5, 5.41) is 10.1. The molecule has 0 aliphatic carbocycles. The van der Waals surface area contributed by atoms with E-state index in [2.05, 4.69) is 19.9 Å². The minimum atomic E-state index is -0.305. The first-order valence-corrected chi connectivity index (χ1v) is 4.79. The molecule has 2 aromatic rings. The van der Waals surface area contributed by atoms with E-state index in [1.165, 1.54) is 0 Å². The SMILES string of the molecule is O=POc1ccccc1.c1cnnnc1. The summed E-state index contributed by atoms with van der Waals surface area (Å²) in [6.45, 7) is 0. The van der Waals surface area contributed by atoms with Crippen LogP contribution >= 0.6 is 8.69 Å². The summed E-state index contributed by atoms with van der Waals surface area (Å²) in [7, 11) is -0.305. The summed E-state index contributed by atoms with van der Waals surface area (Å²) in [5.41, 5.74) is 0. The minimum absolute atomic E-state index is 0.305. The Kier molecular flexibility index (Phi) is 5.62. The zero-order chi connectivity index (χ0) is 10.8. The summed E-state index contributed by atoms with van der Waals surface area (Å²) in [6.07, 6.45) is 3.15. The highest BCUT2D eigenvalue weighted by Gasteiger charge is 1.85. The van der Waals surface area contributed by atoms with Gasteiger partial charge in [-0.3, -0.25) is 0 Å². The van der Waals surface area contributed by atoms with Crippen LogP contribution in [0.5, 0.6) is 5.75 Å². The minimum Gasteiger partial charge on any atom is -0.408 e. The fraction of sp³-hybridized carbons (Fsp3) is 0. The van der Waals surface area contributed by atoms with E-state index in [-0.39, 0.29) is 8.69 Å². The predicted molar refractivity (Wildman–Crippen MR) is 54.5 cm³/mol. The highest BCUT2D eigenvalue weighted by Crippen LogP contribution is 2.12. The van der Waals surface area contributed by atoms with Gasteiger partial charge in [-0.25, -0.2) is 4.57 Å². The monoisotopic (exact) mass is 221 g/mol. The van der Waals surface area contributed by atoms with Crippen LogP contribution in [0.4, 0.5) is 0 Å². The van der Waals surface area contributed by atoms with Gasteiger partial charge >= 0.3 is 8.69 Å². The van der Waals surface area contributed by atoms with Crippen LogP contribution in [-0.2, 0) is 4.57 Å². The third kappa shape index (κ3) is 5.44. The van der Waals surface area contributed by atoms with Gasteiger partial charge in [0.25, 0.3) is 0 Å². The topological polar surface area (TPSA) is 65.0 Å². The summed E-state index contributed by atoms with van der Waals surface area (Å²) >= 11 is 0. The van der Waals surface area contributed by atoms with Gasteiger partial charge in [-0.05, 0) is 23.4 Å². The lowest BCUT2D eigenvalue weighted by atomic mass is 10.3. The second-order valence-corrected chi connectivity index (χ2v) is 2.62. The van der Waals surface area contributed by atoms with Crippen LogP contribution < -0.4 is 4.52 Å². The van der Waals surface area contributed by atoms with E-state index >= 15 is 0 Å². The number of rotatable bonds is 2. The van der Waals surface area contributed by atoms with Crippen LogP contribution in [0.1, 0.15) is 0 Å². The Bertz CT molecular complexity index is 345. The van der Waals surface area contributed by atoms with Crippen molar-refractivity contribution in [2.45, 2.75) is 0 Å². The van der Waals surface area contributed by atoms with Gasteiger partial charge in [0, 0.05) is 0 Å². The molecule has 0 atom stereocenters. The van der Waals surface area contributed by atoms with Crippen molar-refractivity contribution in [2.24, 2.45) is 0 Å². The molecule has 0 N–H and O–H groups in total. The molecule has 0 spiro atoms. The maximum atomic E-state index is 9.85. The Labute approximate surface area is 88.4 Å².